The van der Waals surface area contributed by atoms with Crippen LogP contribution in [0.4, 0.5) is 4.79 Å². The molecule has 1 aromatic carbocycles. The van der Waals surface area contributed by atoms with E-state index in [1.165, 1.54) is 15.9 Å². The van der Waals surface area contributed by atoms with Gasteiger partial charge in [-0.1, -0.05) is 6.08 Å². The highest BCUT2D eigenvalue weighted by Gasteiger charge is 2.62. The molecular weight excluding hydrogens is 777 g/mol. The number of carbonyl (C=O) groups is 6. The van der Waals surface area contributed by atoms with E-state index in [9.17, 15) is 37.2 Å². The van der Waals surface area contributed by atoms with Gasteiger partial charge in [-0.25, -0.2) is 23.0 Å². The number of nitrogens with one attached hydrogen (secondary N) is 3. The second-order valence-corrected chi connectivity index (χ2v) is 18.4. The second kappa shape index (κ2) is 15.4. The van der Waals surface area contributed by atoms with Crippen molar-refractivity contribution in [2.24, 2.45) is 5.92 Å². The van der Waals surface area contributed by atoms with Crippen LogP contribution >= 0.6 is 0 Å². The third-order valence-electron chi connectivity index (χ3n) is 11.1. The Kier molecular flexibility index (Phi) is 10.8. The summed E-state index contributed by atoms with van der Waals surface area (Å²) >= 11 is 0. The van der Waals surface area contributed by atoms with Crippen molar-refractivity contribution in [3.8, 4) is 11.6 Å². The van der Waals surface area contributed by atoms with Crippen LogP contribution in [0, 0.1) is 5.92 Å². The zero-order chi connectivity index (χ0) is 41.7. The van der Waals surface area contributed by atoms with Gasteiger partial charge in [-0.2, -0.15) is 0 Å². The molecule has 5 fully saturated rings. The second-order valence-electron chi connectivity index (χ2n) is 16.5. The number of methoxy groups -OCH3 is 1. The number of benzene rings is 1. The van der Waals surface area contributed by atoms with Crippen molar-refractivity contribution in [1.29, 1.82) is 0 Å². The van der Waals surface area contributed by atoms with Crippen LogP contribution in [0.15, 0.2) is 43.1 Å². The molecule has 3 aliphatic heterocycles. The first kappa shape index (κ1) is 40.7. The molecular formula is C39H48N6O12S. The minimum Gasteiger partial charge on any atom is -0.497 e. The molecule has 2 aliphatic carbocycles. The summed E-state index contributed by atoms with van der Waals surface area (Å²) in [7, 11) is -2.42. The van der Waals surface area contributed by atoms with E-state index >= 15 is 0 Å². The number of hydrogen-bond donors (Lipinski definition) is 3. The number of fused-ring (bicyclic) bond motifs is 3. The molecule has 3 saturated heterocycles. The first-order valence-corrected chi connectivity index (χ1v) is 20.9. The summed E-state index contributed by atoms with van der Waals surface area (Å²) in [5.41, 5.74) is -2.58. The van der Waals surface area contributed by atoms with E-state index in [0.717, 1.165) is 5.39 Å². The van der Waals surface area contributed by atoms with Gasteiger partial charge in [0.05, 0.1) is 25.4 Å². The Morgan fingerprint density at radius 2 is 1.86 bits per heavy atom. The summed E-state index contributed by atoms with van der Waals surface area (Å²) in [5, 5.41) is 6.02. The van der Waals surface area contributed by atoms with Gasteiger partial charge in [0.1, 0.15) is 47.2 Å². The first-order chi connectivity index (χ1) is 27.4. The summed E-state index contributed by atoms with van der Waals surface area (Å²) in [6.07, 6.45) is 1.59. The number of rotatable bonds is 14. The van der Waals surface area contributed by atoms with Gasteiger partial charge >= 0.3 is 12.1 Å². The summed E-state index contributed by atoms with van der Waals surface area (Å²) in [4.78, 5) is 88.4. The molecule has 4 heterocycles. The van der Waals surface area contributed by atoms with Gasteiger partial charge in [0.25, 0.3) is 5.91 Å². The zero-order valence-electron chi connectivity index (χ0n) is 32.7. The number of pyridine rings is 1. The lowest BCUT2D eigenvalue weighted by Crippen LogP contribution is -2.58. The van der Waals surface area contributed by atoms with Gasteiger partial charge < -0.3 is 39.4 Å². The van der Waals surface area contributed by atoms with Gasteiger partial charge in [0.15, 0.2) is 0 Å². The molecule has 2 saturated carbocycles. The monoisotopic (exact) mass is 824 g/mol. The number of alkyl carbamates (subject to hydrolysis) is 1. The Labute approximate surface area is 335 Å². The van der Waals surface area contributed by atoms with Gasteiger partial charge in [-0.3, -0.25) is 23.9 Å². The predicted octanol–water partition coefficient (Wildman–Crippen LogP) is 1.46. The quantitative estimate of drug-likeness (QED) is 0.181. The number of sulfonamides is 1. The minimum absolute atomic E-state index is 0.0784. The molecule has 7 atom stereocenters. The Bertz CT molecular complexity index is 2150. The Morgan fingerprint density at radius 1 is 1.10 bits per heavy atom. The van der Waals surface area contributed by atoms with Crippen molar-refractivity contribution in [2.75, 3.05) is 20.2 Å². The fourth-order valence-corrected chi connectivity index (χ4v) is 9.21. The summed E-state index contributed by atoms with van der Waals surface area (Å²) < 4.78 is 50.0. The van der Waals surface area contributed by atoms with E-state index in [-0.39, 0.29) is 44.7 Å². The number of nitrogens with zero attached hydrogens (tertiary/aromatic N) is 3. The average Bonchev–Trinajstić information content (AvgIpc) is 4.02. The summed E-state index contributed by atoms with van der Waals surface area (Å²) in [5.74, 6) is -3.08. The molecule has 5 aliphatic rings. The van der Waals surface area contributed by atoms with Crippen molar-refractivity contribution in [1.82, 2.24) is 30.1 Å². The van der Waals surface area contributed by atoms with Gasteiger partial charge in [0, 0.05) is 36.8 Å². The molecule has 3 unspecified atom stereocenters. The highest BCUT2D eigenvalue weighted by atomic mass is 32.2. The van der Waals surface area contributed by atoms with Crippen LogP contribution in [0.1, 0.15) is 65.7 Å². The number of amides is 5. The molecule has 2 bridgehead atoms. The highest BCUT2D eigenvalue weighted by molar-refractivity contribution is 7.91. The van der Waals surface area contributed by atoms with E-state index < -0.39 is 98.4 Å². The van der Waals surface area contributed by atoms with E-state index in [2.05, 4.69) is 26.9 Å². The minimum atomic E-state index is -3.96. The lowest BCUT2D eigenvalue weighted by molar-refractivity contribution is -0.157. The van der Waals surface area contributed by atoms with Crippen molar-refractivity contribution < 1.29 is 56.1 Å². The lowest BCUT2D eigenvalue weighted by Gasteiger charge is -2.31. The van der Waals surface area contributed by atoms with Crippen molar-refractivity contribution in [2.45, 2.75) is 112 Å². The van der Waals surface area contributed by atoms with Gasteiger partial charge in [0.2, 0.25) is 33.6 Å². The third kappa shape index (κ3) is 8.40. The number of likely N-dealkylation sites (tertiary alicyclic amines) is 2. The largest absolute Gasteiger partial charge is 0.497 e. The van der Waals surface area contributed by atoms with E-state index in [1.54, 1.807) is 58.3 Å². The summed E-state index contributed by atoms with van der Waals surface area (Å²) in [6, 6.07) is 3.69. The molecule has 0 radical (unpaired) electrons. The van der Waals surface area contributed by atoms with Gasteiger partial charge in [-0.15, -0.1) is 6.58 Å². The number of ether oxygens (including phenoxy) is 4. The smallest absolute Gasteiger partial charge is 0.408 e. The van der Waals surface area contributed by atoms with Gasteiger partial charge in [-0.05, 0) is 76.1 Å². The number of hydrogen-bond acceptors (Lipinski definition) is 13. The number of carbonyl (C=O) groups excluding carboxylic acids is 6. The van der Waals surface area contributed by atoms with E-state index in [1.807, 2.05) is 0 Å². The first-order valence-electron chi connectivity index (χ1n) is 19.3. The SMILES string of the molecule is C=CC1C[C@]1(NC(=O)C1CC(Oc2nccc3cc(OC)ccc23)CN1C(=O)[C@H](CCC(=O)N1C[C@H]2C[C@@H]1C(=O)O2)NC(=O)OC(C)(C)C)C(=O)NS(=O)(=O)C1CC1. The molecule has 19 heteroatoms. The van der Waals surface area contributed by atoms with Crippen LogP contribution in [0.3, 0.4) is 0 Å². The van der Waals surface area contributed by atoms with Crippen molar-refractivity contribution >= 4 is 56.5 Å². The molecule has 3 N–H and O–H groups in total. The fraction of sp³-hybridized carbons (Fsp3) is 0.564. The Hall–Kier alpha value is -5.46. The molecule has 18 nitrogen and oxygen atoms in total. The predicted molar refractivity (Wildman–Crippen MR) is 204 cm³/mol. The topological polar surface area (TPSA) is 229 Å². The highest BCUT2D eigenvalue weighted by Crippen LogP contribution is 2.45. The number of aromatic nitrogens is 1. The fourth-order valence-electron chi connectivity index (χ4n) is 7.84. The molecule has 1 aromatic heterocycles. The van der Waals surface area contributed by atoms with Crippen LogP contribution in [-0.4, -0.2) is 126 Å². The van der Waals surface area contributed by atoms with Crippen LogP contribution in [-0.2, 0) is 43.5 Å². The van der Waals surface area contributed by atoms with Crippen LogP contribution in [0.25, 0.3) is 10.8 Å². The maximum absolute atomic E-state index is 14.7. The van der Waals surface area contributed by atoms with Crippen LogP contribution in [0.2, 0.25) is 0 Å². The van der Waals surface area contributed by atoms with Crippen LogP contribution in [0.5, 0.6) is 11.6 Å². The maximum Gasteiger partial charge on any atom is 0.408 e. The number of esters is 1. The Balaban J connectivity index is 1.16. The standard InChI is InChI=1S/C39H48N6O12S/c1-6-22-18-39(22,36(50)43-58(52,53)26-8-9-26)42-32(47)29-16-24(55-33-27-10-7-23(54-5)15-21(27)13-14-40-33)20-45(29)34(48)28(41-37(51)57-38(2,3)4)11-12-31(46)44-19-25-17-30(44)35(49)56-25/h6-7,10,13-15,22,24-26,28-30H,1,8-9,11-12,16-20H2,2-5H3,(H,41,51)(H,42,47)(H,43,50)/t22?,24?,25-,28+,29?,30-,39-/m1/s1. The van der Waals surface area contributed by atoms with Crippen LogP contribution < -0.4 is 24.8 Å². The average molecular weight is 825 g/mol. The molecule has 7 rings (SSSR count). The van der Waals surface area contributed by atoms with E-state index in [4.69, 9.17) is 18.9 Å². The normalized spacial score (nSPS) is 26.7. The Morgan fingerprint density at radius 3 is 2.50 bits per heavy atom. The molecule has 0 spiro atoms. The lowest BCUT2D eigenvalue weighted by atomic mass is 10.1. The summed E-state index contributed by atoms with van der Waals surface area (Å²) in [6.45, 7) is 8.73. The molecule has 58 heavy (non-hydrogen) atoms. The number of morpholine rings is 1. The molecule has 2 aromatic rings. The van der Waals surface area contributed by atoms with Crippen molar-refractivity contribution in [3.05, 3.63) is 43.1 Å². The molecule has 5 amide bonds. The third-order valence-corrected chi connectivity index (χ3v) is 12.9. The van der Waals surface area contributed by atoms with E-state index in [0.29, 0.717) is 30.4 Å². The zero-order valence-corrected chi connectivity index (χ0v) is 33.5. The maximum atomic E-state index is 14.7. The van der Waals surface area contributed by atoms with Crippen molar-refractivity contribution in [3.63, 3.8) is 0 Å². The molecule has 312 valence electrons.